The Bertz CT molecular complexity index is 1180. The zero-order valence-corrected chi connectivity index (χ0v) is 17.7. The van der Waals surface area contributed by atoms with E-state index in [-0.39, 0.29) is 23.4 Å². The first-order valence-electron chi connectivity index (χ1n) is 9.75. The van der Waals surface area contributed by atoms with Crippen LogP contribution in [0.1, 0.15) is 16.7 Å². The fourth-order valence-corrected chi connectivity index (χ4v) is 3.93. The molecule has 160 valence electrons. The minimum Gasteiger partial charge on any atom is -0.489 e. The van der Waals surface area contributed by atoms with Crippen LogP contribution in [-0.4, -0.2) is 21.0 Å². The number of ether oxygens (including phenoxy) is 1. The molecule has 7 nitrogen and oxygen atoms in total. The summed E-state index contributed by atoms with van der Waals surface area (Å²) in [6.45, 7) is 0.522. The van der Waals surface area contributed by atoms with E-state index >= 15 is 0 Å². The normalized spacial score (nSPS) is 14.8. The van der Waals surface area contributed by atoms with Gasteiger partial charge in [0, 0.05) is 12.1 Å². The second kappa shape index (κ2) is 9.49. The van der Waals surface area contributed by atoms with Crippen LogP contribution >= 0.6 is 11.8 Å². The summed E-state index contributed by atoms with van der Waals surface area (Å²) >= 11 is 0.875. The lowest BCUT2D eigenvalue weighted by atomic mass is 10.2. The van der Waals surface area contributed by atoms with Crippen LogP contribution in [0, 0.1) is 10.1 Å². The van der Waals surface area contributed by atoms with Gasteiger partial charge in [0.25, 0.3) is 16.8 Å². The zero-order chi connectivity index (χ0) is 22.5. The summed E-state index contributed by atoms with van der Waals surface area (Å²) in [5.74, 6) is 0.319. The van der Waals surface area contributed by atoms with E-state index in [0.717, 1.165) is 27.8 Å². The van der Waals surface area contributed by atoms with Crippen molar-refractivity contribution in [3.8, 4) is 5.75 Å². The van der Waals surface area contributed by atoms with Crippen molar-refractivity contribution < 1.29 is 19.2 Å². The second-order valence-electron chi connectivity index (χ2n) is 7.03. The highest BCUT2D eigenvalue weighted by atomic mass is 32.2. The van der Waals surface area contributed by atoms with Gasteiger partial charge in [0.15, 0.2) is 0 Å². The molecule has 0 aliphatic carbocycles. The predicted molar refractivity (Wildman–Crippen MR) is 122 cm³/mol. The molecule has 1 fully saturated rings. The first-order chi connectivity index (χ1) is 15.5. The van der Waals surface area contributed by atoms with Gasteiger partial charge in [-0.1, -0.05) is 54.6 Å². The molecular formula is C24H18N2O5S. The number of nitro benzene ring substituents is 1. The van der Waals surface area contributed by atoms with E-state index in [0.29, 0.717) is 22.8 Å². The van der Waals surface area contributed by atoms with Crippen molar-refractivity contribution in [2.75, 3.05) is 0 Å². The number of thioether (sulfide) groups is 1. The van der Waals surface area contributed by atoms with E-state index in [1.165, 1.54) is 12.1 Å². The van der Waals surface area contributed by atoms with E-state index in [1.807, 2.05) is 54.6 Å². The molecule has 1 aliphatic heterocycles. The van der Waals surface area contributed by atoms with E-state index in [1.54, 1.807) is 18.2 Å². The molecule has 32 heavy (non-hydrogen) atoms. The second-order valence-corrected chi connectivity index (χ2v) is 8.03. The third-order valence-corrected chi connectivity index (χ3v) is 5.70. The van der Waals surface area contributed by atoms with Crippen LogP contribution in [0.5, 0.6) is 5.75 Å². The monoisotopic (exact) mass is 446 g/mol. The van der Waals surface area contributed by atoms with Gasteiger partial charge in [-0.2, -0.15) is 0 Å². The van der Waals surface area contributed by atoms with Gasteiger partial charge in [-0.15, -0.1) is 0 Å². The Kier molecular flexibility index (Phi) is 6.32. The molecule has 0 bridgehead atoms. The molecule has 1 saturated heterocycles. The first kappa shape index (κ1) is 21.3. The number of carbonyl (C=O) groups is 2. The van der Waals surface area contributed by atoms with Crippen LogP contribution in [0.4, 0.5) is 10.5 Å². The number of non-ortho nitro benzene ring substituents is 1. The third-order valence-electron chi connectivity index (χ3n) is 4.79. The summed E-state index contributed by atoms with van der Waals surface area (Å²) in [4.78, 5) is 36.8. The van der Waals surface area contributed by atoms with Gasteiger partial charge in [-0.3, -0.25) is 24.6 Å². The van der Waals surface area contributed by atoms with Crippen molar-refractivity contribution in [1.29, 1.82) is 0 Å². The molecule has 2 amide bonds. The Labute approximate surface area is 188 Å². The average Bonchev–Trinajstić information content (AvgIpc) is 3.07. The van der Waals surface area contributed by atoms with Crippen LogP contribution in [0.2, 0.25) is 0 Å². The highest BCUT2D eigenvalue weighted by Crippen LogP contribution is 2.33. The smallest absolute Gasteiger partial charge is 0.293 e. The van der Waals surface area contributed by atoms with Gasteiger partial charge in [0.2, 0.25) is 0 Å². The molecule has 0 unspecified atom stereocenters. The molecule has 8 heteroatoms. The minimum absolute atomic E-state index is 0.0426. The lowest BCUT2D eigenvalue weighted by Crippen LogP contribution is -2.27. The Morgan fingerprint density at radius 3 is 2.25 bits per heavy atom. The number of hydrogen-bond donors (Lipinski definition) is 0. The van der Waals surface area contributed by atoms with Gasteiger partial charge in [0.05, 0.1) is 16.4 Å². The summed E-state index contributed by atoms with van der Waals surface area (Å²) in [6.07, 6.45) is 1.67. The molecule has 0 N–H and O–H groups in total. The fourth-order valence-electron chi connectivity index (χ4n) is 3.09. The van der Waals surface area contributed by atoms with Crippen LogP contribution in [-0.2, 0) is 17.9 Å². The highest BCUT2D eigenvalue weighted by Gasteiger charge is 2.35. The maximum absolute atomic E-state index is 12.7. The van der Waals surface area contributed by atoms with Crippen molar-refractivity contribution in [1.82, 2.24) is 4.90 Å². The maximum atomic E-state index is 12.7. The summed E-state index contributed by atoms with van der Waals surface area (Å²) in [5.41, 5.74) is 2.44. The molecule has 0 spiro atoms. The predicted octanol–water partition coefficient (Wildman–Crippen LogP) is 5.41. The average molecular weight is 446 g/mol. The number of carbonyl (C=O) groups excluding carboxylic acids is 2. The van der Waals surface area contributed by atoms with Crippen LogP contribution in [0.25, 0.3) is 6.08 Å². The molecule has 0 radical (unpaired) electrons. The Morgan fingerprint density at radius 2 is 1.59 bits per heavy atom. The quantitative estimate of drug-likeness (QED) is 0.274. The fraction of sp³-hybridized carbons (Fsp3) is 0.0833. The highest BCUT2D eigenvalue weighted by molar-refractivity contribution is 8.18. The molecule has 4 rings (SSSR count). The largest absolute Gasteiger partial charge is 0.489 e. The molecule has 3 aromatic rings. The van der Waals surface area contributed by atoms with Crippen molar-refractivity contribution in [3.63, 3.8) is 0 Å². The summed E-state index contributed by atoms with van der Waals surface area (Å²) in [6, 6.07) is 22.9. The minimum atomic E-state index is -0.495. The lowest BCUT2D eigenvalue weighted by Gasteiger charge is -2.12. The summed E-state index contributed by atoms with van der Waals surface area (Å²) < 4.78 is 5.76. The van der Waals surface area contributed by atoms with Crippen molar-refractivity contribution in [2.24, 2.45) is 0 Å². The number of amides is 2. The Morgan fingerprint density at radius 1 is 0.906 bits per heavy atom. The molecule has 1 aliphatic rings. The zero-order valence-electron chi connectivity index (χ0n) is 16.8. The van der Waals surface area contributed by atoms with E-state index in [4.69, 9.17) is 4.74 Å². The standard InChI is InChI=1S/C24H18N2O5S/c27-23-22(32-24(28)25(23)15-18-6-10-20(11-7-18)26(29)30)14-17-8-12-21(13-9-17)31-16-19-4-2-1-3-5-19/h1-14H,15-16H2/b22-14-. The third kappa shape index (κ3) is 5.04. The Hall–Kier alpha value is -3.91. The number of rotatable bonds is 7. The molecule has 3 aromatic carbocycles. The number of imide groups is 1. The number of nitrogens with zero attached hydrogens (tertiary/aromatic N) is 2. The molecule has 0 atom stereocenters. The van der Waals surface area contributed by atoms with E-state index in [2.05, 4.69) is 0 Å². The summed E-state index contributed by atoms with van der Waals surface area (Å²) in [5, 5.41) is 10.4. The number of hydrogen-bond acceptors (Lipinski definition) is 6. The maximum Gasteiger partial charge on any atom is 0.293 e. The van der Waals surface area contributed by atoms with Crippen molar-refractivity contribution in [3.05, 3.63) is 111 Å². The van der Waals surface area contributed by atoms with Crippen LogP contribution in [0.3, 0.4) is 0 Å². The number of nitro groups is 1. The SMILES string of the molecule is O=C1S/C(=C\c2ccc(OCc3ccccc3)cc2)C(=O)N1Cc1ccc([N+](=O)[O-])cc1. The van der Waals surface area contributed by atoms with Gasteiger partial charge < -0.3 is 4.74 Å². The van der Waals surface area contributed by atoms with Crippen LogP contribution < -0.4 is 4.74 Å². The Balaban J connectivity index is 1.40. The van der Waals surface area contributed by atoms with Crippen molar-refractivity contribution >= 4 is 34.7 Å². The van der Waals surface area contributed by atoms with Crippen molar-refractivity contribution in [2.45, 2.75) is 13.2 Å². The van der Waals surface area contributed by atoms with Gasteiger partial charge in [-0.05, 0) is 46.7 Å². The molecule has 0 aromatic heterocycles. The van der Waals surface area contributed by atoms with Gasteiger partial charge in [-0.25, -0.2) is 0 Å². The van der Waals surface area contributed by atoms with Gasteiger partial charge in [0.1, 0.15) is 12.4 Å². The van der Waals surface area contributed by atoms with E-state index in [9.17, 15) is 19.7 Å². The van der Waals surface area contributed by atoms with E-state index < -0.39 is 4.92 Å². The lowest BCUT2D eigenvalue weighted by molar-refractivity contribution is -0.384. The topological polar surface area (TPSA) is 89.8 Å². The number of benzene rings is 3. The van der Waals surface area contributed by atoms with Gasteiger partial charge >= 0.3 is 0 Å². The van der Waals surface area contributed by atoms with Crippen LogP contribution in [0.15, 0.2) is 83.8 Å². The molecule has 0 saturated carbocycles. The first-order valence-corrected chi connectivity index (χ1v) is 10.6. The summed E-state index contributed by atoms with van der Waals surface area (Å²) in [7, 11) is 0. The molecular weight excluding hydrogens is 428 g/mol. The molecule has 1 heterocycles.